The molecule has 0 aliphatic carbocycles. The second kappa shape index (κ2) is 7.58. The molecule has 1 fully saturated rings. The monoisotopic (exact) mass is 432 g/mol. The van der Waals surface area contributed by atoms with Crippen LogP contribution in [0.5, 0.6) is 17.2 Å². The van der Waals surface area contributed by atoms with E-state index in [1.165, 1.54) is 0 Å². The zero-order valence-corrected chi connectivity index (χ0v) is 18.6. The van der Waals surface area contributed by atoms with Gasteiger partial charge in [0, 0.05) is 23.0 Å². The second-order valence-electron chi connectivity index (χ2n) is 7.65. The van der Waals surface area contributed by atoms with E-state index in [9.17, 15) is 0 Å². The van der Waals surface area contributed by atoms with Crippen LogP contribution in [0.25, 0.3) is 0 Å². The summed E-state index contributed by atoms with van der Waals surface area (Å²) in [4.78, 5) is 2.15. The molecule has 2 heterocycles. The minimum absolute atomic E-state index is 0.0762. The van der Waals surface area contributed by atoms with Gasteiger partial charge in [0.25, 0.3) is 0 Å². The average molecular weight is 433 g/mol. The highest BCUT2D eigenvalue weighted by molar-refractivity contribution is 7.80. The smallest absolute Gasteiger partial charge is 0.186 e. The summed E-state index contributed by atoms with van der Waals surface area (Å²) in [6, 6.07) is 11.8. The average Bonchev–Trinajstić information content (AvgIpc) is 2.71. The van der Waals surface area contributed by atoms with Crippen LogP contribution in [0.3, 0.4) is 0 Å². The van der Waals surface area contributed by atoms with Crippen LogP contribution in [0, 0.1) is 5.92 Å². The molecule has 0 unspecified atom stereocenters. The Balaban J connectivity index is 1.59. The second-order valence-corrected chi connectivity index (χ2v) is 8.47. The zero-order chi connectivity index (χ0) is 20.8. The van der Waals surface area contributed by atoms with E-state index in [4.69, 9.17) is 38.0 Å². The molecule has 3 atom stereocenters. The molecular weight excluding hydrogens is 408 g/mol. The summed E-state index contributed by atoms with van der Waals surface area (Å²) in [5.74, 6) is 2.49. The van der Waals surface area contributed by atoms with E-state index in [0.717, 1.165) is 41.3 Å². The van der Waals surface area contributed by atoms with Crippen molar-refractivity contribution in [2.24, 2.45) is 5.92 Å². The molecule has 2 bridgehead atoms. The van der Waals surface area contributed by atoms with Gasteiger partial charge in [-0.15, -0.1) is 0 Å². The molecule has 2 aromatic rings. The molecule has 0 aromatic heterocycles. The minimum atomic E-state index is -0.537. The third-order valence-electron chi connectivity index (χ3n) is 6.10. The minimum Gasteiger partial charge on any atom is -0.493 e. The van der Waals surface area contributed by atoms with Gasteiger partial charge in [-0.25, -0.2) is 0 Å². The summed E-state index contributed by atoms with van der Waals surface area (Å²) in [6.45, 7) is 5.02. The number of methoxy groups -OCH3 is 2. The standard InChI is InChI=1S/C22H25ClN2O3S/c1-13-20-16-12-15(23)6-8-17(16)28-22(13,2)25(21(29)24-20)10-9-14-5-7-18(26-3)19(11-14)27-4/h5-8,11-13,20H,9-10H2,1-4H3,(H,24,29)/t13-,20-,22+/m1/s1. The van der Waals surface area contributed by atoms with Crippen LogP contribution in [0.15, 0.2) is 36.4 Å². The van der Waals surface area contributed by atoms with Crippen molar-refractivity contribution < 1.29 is 14.2 Å². The number of hydrogen-bond acceptors (Lipinski definition) is 4. The summed E-state index contributed by atoms with van der Waals surface area (Å²) >= 11 is 11.9. The van der Waals surface area contributed by atoms with Gasteiger partial charge in [-0.3, -0.25) is 0 Å². The van der Waals surface area contributed by atoms with Crippen molar-refractivity contribution in [3.8, 4) is 17.2 Å². The number of ether oxygens (including phenoxy) is 3. The van der Waals surface area contributed by atoms with E-state index >= 15 is 0 Å². The van der Waals surface area contributed by atoms with Gasteiger partial charge in [-0.2, -0.15) is 0 Å². The van der Waals surface area contributed by atoms with Crippen molar-refractivity contribution in [3.05, 3.63) is 52.5 Å². The summed E-state index contributed by atoms with van der Waals surface area (Å²) < 4.78 is 17.3. The van der Waals surface area contributed by atoms with Gasteiger partial charge >= 0.3 is 0 Å². The molecule has 5 nitrogen and oxygen atoms in total. The number of halogens is 1. The molecule has 2 aliphatic heterocycles. The third kappa shape index (κ3) is 3.38. The van der Waals surface area contributed by atoms with Gasteiger partial charge in [0.15, 0.2) is 22.3 Å². The van der Waals surface area contributed by atoms with Gasteiger partial charge in [-0.05, 0) is 61.5 Å². The Morgan fingerprint density at radius 2 is 1.93 bits per heavy atom. The maximum absolute atomic E-state index is 6.51. The van der Waals surface area contributed by atoms with Crippen molar-refractivity contribution in [1.82, 2.24) is 10.2 Å². The topological polar surface area (TPSA) is 43.0 Å². The number of nitrogens with zero attached hydrogens (tertiary/aromatic N) is 1. The number of nitrogens with one attached hydrogen (secondary N) is 1. The van der Waals surface area contributed by atoms with Gasteiger partial charge < -0.3 is 24.4 Å². The first-order chi connectivity index (χ1) is 13.9. The van der Waals surface area contributed by atoms with Crippen molar-refractivity contribution in [2.75, 3.05) is 20.8 Å². The summed E-state index contributed by atoms with van der Waals surface area (Å²) in [5.41, 5.74) is 1.67. The molecule has 0 spiro atoms. The Morgan fingerprint density at radius 3 is 2.66 bits per heavy atom. The van der Waals surface area contributed by atoms with Crippen molar-refractivity contribution in [3.63, 3.8) is 0 Å². The molecule has 154 valence electrons. The highest BCUT2D eigenvalue weighted by Crippen LogP contribution is 2.48. The Bertz CT molecular complexity index is 954. The Morgan fingerprint density at radius 1 is 1.17 bits per heavy atom. The quantitative estimate of drug-likeness (QED) is 0.698. The fourth-order valence-electron chi connectivity index (χ4n) is 4.27. The predicted octanol–water partition coefficient (Wildman–Crippen LogP) is 4.58. The van der Waals surface area contributed by atoms with E-state index in [-0.39, 0.29) is 12.0 Å². The zero-order valence-electron chi connectivity index (χ0n) is 17.0. The Labute approximate surface area is 181 Å². The van der Waals surface area contributed by atoms with Crippen LogP contribution in [0.4, 0.5) is 0 Å². The lowest BCUT2D eigenvalue weighted by atomic mass is 9.81. The van der Waals surface area contributed by atoms with Crippen LogP contribution in [0.1, 0.15) is 31.0 Å². The van der Waals surface area contributed by atoms with E-state index < -0.39 is 5.72 Å². The number of thiocarbonyl (C=S) groups is 1. The SMILES string of the molecule is COc1ccc(CCN2C(=S)N[C@H]3c4cc(Cl)ccc4O[C@@]2(C)[C@@H]3C)cc1OC. The summed E-state index contributed by atoms with van der Waals surface area (Å²) in [6.07, 6.45) is 0.798. The largest absolute Gasteiger partial charge is 0.493 e. The van der Waals surface area contributed by atoms with Gasteiger partial charge in [-0.1, -0.05) is 24.6 Å². The first kappa shape index (κ1) is 20.1. The predicted molar refractivity (Wildman–Crippen MR) is 118 cm³/mol. The fourth-order valence-corrected chi connectivity index (χ4v) is 4.85. The summed E-state index contributed by atoms with van der Waals surface area (Å²) in [5, 5.41) is 4.90. The van der Waals surface area contributed by atoms with Gasteiger partial charge in [0.1, 0.15) is 5.75 Å². The van der Waals surface area contributed by atoms with Crippen molar-refractivity contribution in [1.29, 1.82) is 0 Å². The Hall–Kier alpha value is -2.18. The van der Waals surface area contributed by atoms with Gasteiger partial charge in [0.05, 0.1) is 20.3 Å². The lowest BCUT2D eigenvalue weighted by Crippen LogP contribution is -2.69. The van der Waals surface area contributed by atoms with Crippen LogP contribution >= 0.6 is 23.8 Å². The molecule has 7 heteroatoms. The molecule has 2 aromatic carbocycles. The molecule has 1 saturated heterocycles. The van der Waals surface area contributed by atoms with E-state index in [0.29, 0.717) is 10.1 Å². The lowest BCUT2D eigenvalue weighted by molar-refractivity contribution is -0.110. The first-order valence-electron chi connectivity index (χ1n) is 9.65. The lowest BCUT2D eigenvalue weighted by Gasteiger charge is -2.56. The van der Waals surface area contributed by atoms with Crippen LogP contribution in [-0.4, -0.2) is 36.5 Å². The molecule has 0 radical (unpaired) electrons. The van der Waals surface area contributed by atoms with Crippen LogP contribution < -0.4 is 19.5 Å². The highest BCUT2D eigenvalue weighted by atomic mass is 35.5. The molecule has 29 heavy (non-hydrogen) atoms. The van der Waals surface area contributed by atoms with Crippen LogP contribution in [-0.2, 0) is 6.42 Å². The molecule has 4 rings (SSSR count). The maximum Gasteiger partial charge on any atom is 0.186 e. The van der Waals surface area contributed by atoms with Crippen LogP contribution in [0.2, 0.25) is 5.02 Å². The summed E-state index contributed by atoms with van der Waals surface area (Å²) in [7, 11) is 3.28. The Kier molecular flexibility index (Phi) is 5.25. The fraction of sp³-hybridized carbons (Fsp3) is 0.409. The molecule has 0 saturated carbocycles. The van der Waals surface area contributed by atoms with Gasteiger partial charge in [0.2, 0.25) is 0 Å². The number of hydrogen-bond donors (Lipinski definition) is 1. The molecular formula is C22H25ClN2O3S. The molecule has 0 amide bonds. The van der Waals surface area contributed by atoms with E-state index in [2.05, 4.69) is 30.1 Å². The van der Waals surface area contributed by atoms with E-state index in [1.54, 1.807) is 14.2 Å². The highest BCUT2D eigenvalue weighted by Gasteiger charge is 2.53. The number of benzene rings is 2. The van der Waals surface area contributed by atoms with Crippen molar-refractivity contribution in [2.45, 2.75) is 32.0 Å². The number of rotatable bonds is 5. The molecule has 1 N–H and O–H groups in total. The van der Waals surface area contributed by atoms with E-state index in [1.807, 2.05) is 30.3 Å². The third-order valence-corrected chi connectivity index (χ3v) is 6.67. The first-order valence-corrected chi connectivity index (χ1v) is 10.4. The van der Waals surface area contributed by atoms with Crippen molar-refractivity contribution >= 4 is 28.9 Å². The maximum atomic E-state index is 6.51. The normalized spacial score (nSPS) is 25.0. The molecule has 2 aliphatic rings. The number of fused-ring (bicyclic) bond motifs is 4.